The minimum Gasteiger partial charge on any atom is -0.321 e. The molecule has 1 aromatic carbocycles. The number of likely N-dealkylation sites (tertiary alicyclic amines) is 1. The quantitative estimate of drug-likeness (QED) is 0.715. The second-order valence-electron chi connectivity index (χ2n) is 9.84. The van der Waals surface area contributed by atoms with Crippen LogP contribution in [0.15, 0.2) is 23.0 Å². The van der Waals surface area contributed by atoms with Crippen LogP contribution in [-0.4, -0.2) is 43.2 Å². The third-order valence-corrected chi connectivity index (χ3v) is 6.17. The monoisotopic (exact) mass is 408 g/mol. The minimum atomic E-state index is -0.281. The van der Waals surface area contributed by atoms with E-state index in [0.717, 1.165) is 48.2 Å². The molecular weight excluding hydrogens is 376 g/mol. The molecule has 2 aromatic heterocycles. The van der Waals surface area contributed by atoms with Crippen molar-refractivity contribution in [3.63, 3.8) is 0 Å². The van der Waals surface area contributed by atoms with Gasteiger partial charge in [-0.2, -0.15) is 0 Å². The second kappa shape index (κ2) is 7.61. The maximum atomic E-state index is 13.3. The molecule has 1 aliphatic rings. The number of aromatic amines is 1. The molecule has 3 aromatic rings. The first kappa shape index (κ1) is 20.7. The molecule has 0 aliphatic carbocycles. The predicted molar refractivity (Wildman–Crippen MR) is 119 cm³/mol. The van der Waals surface area contributed by atoms with Gasteiger partial charge in [-0.1, -0.05) is 18.6 Å². The largest absolute Gasteiger partial charge is 0.321 e. The normalized spacial score (nSPS) is 17.5. The molecule has 0 spiro atoms. The van der Waals surface area contributed by atoms with E-state index in [1.807, 2.05) is 17.7 Å². The Morgan fingerprint density at radius 3 is 2.50 bits per heavy atom. The van der Waals surface area contributed by atoms with E-state index in [1.165, 1.54) is 5.56 Å². The average molecular weight is 409 g/mol. The van der Waals surface area contributed by atoms with E-state index in [9.17, 15) is 4.79 Å². The lowest BCUT2D eigenvalue weighted by Crippen LogP contribution is -2.41. The van der Waals surface area contributed by atoms with Crippen LogP contribution in [-0.2, 0) is 5.54 Å². The molecule has 30 heavy (non-hydrogen) atoms. The van der Waals surface area contributed by atoms with Crippen molar-refractivity contribution in [1.82, 2.24) is 30.1 Å². The Labute approximate surface area is 177 Å². The topological polar surface area (TPSA) is 79.7 Å². The molecule has 0 bridgehead atoms. The van der Waals surface area contributed by atoms with E-state index in [4.69, 9.17) is 0 Å². The third-order valence-electron chi connectivity index (χ3n) is 6.17. The minimum absolute atomic E-state index is 0.0680. The Hall–Kier alpha value is -2.54. The van der Waals surface area contributed by atoms with Crippen LogP contribution in [0.5, 0.6) is 0 Å². The van der Waals surface area contributed by atoms with Crippen molar-refractivity contribution in [3.8, 4) is 0 Å². The van der Waals surface area contributed by atoms with Gasteiger partial charge in [0.15, 0.2) is 5.82 Å². The summed E-state index contributed by atoms with van der Waals surface area (Å²) in [6.07, 6.45) is 2.22. The van der Waals surface area contributed by atoms with Gasteiger partial charge in [0.2, 0.25) is 0 Å². The molecule has 1 N–H and O–H groups in total. The number of tetrazole rings is 1. The van der Waals surface area contributed by atoms with Gasteiger partial charge in [0.25, 0.3) is 5.56 Å². The molecule has 3 heterocycles. The van der Waals surface area contributed by atoms with Crippen LogP contribution >= 0.6 is 0 Å². The van der Waals surface area contributed by atoms with Gasteiger partial charge in [-0.05, 0) is 100.0 Å². The van der Waals surface area contributed by atoms with E-state index in [1.54, 1.807) is 0 Å². The molecule has 1 fully saturated rings. The van der Waals surface area contributed by atoms with Gasteiger partial charge in [-0.25, -0.2) is 4.68 Å². The number of nitrogens with one attached hydrogen (secondary N) is 1. The number of nitrogens with zero attached hydrogens (tertiary/aromatic N) is 5. The van der Waals surface area contributed by atoms with Crippen LogP contribution in [0.1, 0.15) is 69.1 Å². The number of H-pyrrole nitrogens is 1. The van der Waals surface area contributed by atoms with E-state index in [-0.39, 0.29) is 17.1 Å². The second-order valence-corrected chi connectivity index (χ2v) is 9.84. The number of aromatic nitrogens is 5. The fourth-order valence-electron chi connectivity index (χ4n) is 4.54. The predicted octanol–water partition coefficient (Wildman–Crippen LogP) is 3.71. The molecule has 1 saturated heterocycles. The Balaban J connectivity index is 1.92. The molecule has 7 heteroatoms. The highest BCUT2D eigenvalue weighted by atomic mass is 16.1. The van der Waals surface area contributed by atoms with E-state index < -0.39 is 0 Å². The molecule has 0 amide bonds. The average Bonchev–Trinajstić information content (AvgIpc) is 3.14. The number of piperidine rings is 1. The molecule has 1 aliphatic heterocycles. The summed E-state index contributed by atoms with van der Waals surface area (Å²) in [5.41, 5.74) is 3.52. The standard InChI is InChI=1S/C23H32N6O/c1-14-7-9-28(10-8-14)20(21-25-26-27-29(21)23(4,5)6)18-13-17-12-15(2)11-16(3)19(17)24-22(18)30/h11-14,20H,7-10H2,1-6H3,(H,24,30). The van der Waals surface area contributed by atoms with Crippen LogP contribution in [0, 0.1) is 19.8 Å². The number of hydrogen-bond donors (Lipinski definition) is 1. The number of pyridine rings is 1. The molecule has 160 valence electrons. The smallest absolute Gasteiger partial charge is 0.253 e. The van der Waals surface area contributed by atoms with Gasteiger partial charge in [0.1, 0.15) is 6.04 Å². The fraction of sp³-hybridized carbons (Fsp3) is 0.565. The van der Waals surface area contributed by atoms with Crippen molar-refractivity contribution in [2.45, 2.75) is 66.0 Å². The SMILES string of the molecule is Cc1cc(C)c2[nH]c(=O)c(C(c3nnnn3C(C)(C)C)N3CCC(C)CC3)cc2c1. The maximum absolute atomic E-state index is 13.3. The van der Waals surface area contributed by atoms with Gasteiger partial charge in [-0.3, -0.25) is 9.69 Å². The number of fused-ring (bicyclic) bond motifs is 1. The highest BCUT2D eigenvalue weighted by molar-refractivity contribution is 5.83. The summed E-state index contributed by atoms with van der Waals surface area (Å²) >= 11 is 0. The lowest BCUT2D eigenvalue weighted by atomic mass is 9.94. The zero-order chi connectivity index (χ0) is 21.6. The molecular formula is C23H32N6O. The first-order valence-electron chi connectivity index (χ1n) is 10.8. The third kappa shape index (κ3) is 3.78. The Kier molecular flexibility index (Phi) is 5.26. The van der Waals surface area contributed by atoms with Crippen molar-refractivity contribution >= 4 is 10.9 Å². The summed E-state index contributed by atoms with van der Waals surface area (Å²) in [6.45, 7) is 14.5. The number of hydrogen-bond acceptors (Lipinski definition) is 5. The summed E-state index contributed by atoms with van der Waals surface area (Å²) in [5.74, 6) is 1.42. The molecule has 1 unspecified atom stereocenters. The van der Waals surface area contributed by atoms with Crippen LogP contribution in [0.2, 0.25) is 0 Å². The number of rotatable bonds is 3. The fourth-order valence-corrected chi connectivity index (χ4v) is 4.54. The lowest BCUT2D eigenvalue weighted by molar-refractivity contribution is 0.144. The van der Waals surface area contributed by atoms with Gasteiger partial charge in [-0.15, -0.1) is 5.10 Å². The van der Waals surface area contributed by atoms with Crippen molar-refractivity contribution in [3.05, 3.63) is 51.1 Å². The van der Waals surface area contributed by atoms with Gasteiger partial charge < -0.3 is 4.98 Å². The first-order valence-corrected chi connectivity index (χ1v) is 10.8. The van der Waals surface area contributed by atoms with E-state index in [2.05, 4.69) is 72.2 Å². The van der Waals surface area contributed by atoms with Crippen molar-refractivity contribution in [1.29, 1.82) is 0 Å². The summed E-state index contributed by atoms with van der Waals surface area (Å²) in [5, 5.41) is 13.7. The zero-order valence-electron chi connectivity index (χ0n) is 18.9. The Morgan fingerprint density at radius 2 is 1.83 bits per heavy atom. The van der Waals surface area contributed by atoms with Gasteiger partial charge >= 0.3 is 0 Å². The zero-order valence-corrected chi connectivity index (χ0v) is 18.9. The van der Waals surface area contributed by atoms with Crippen LogP contribution in [0.3, 0.4) is 0 Å². The van der Waals surface area contributed by atoms with Crippen molar-refractivity contribution in [2.24, 2.45) is 5.92 Å². The van der Waals surface area contributed by atoms with Crippen molar-refractivity contribution in [2.75, 3.05) is 13.1 Å². The van der Waals surface area contributed by atoms with Crippen LogP contribution in [0.25, 0.3) is 10.9 Å². The van der Waals surface area contributed by atoms with E-state index >= 15 is 0 Å². The highest BCUT2D eigenvalue weighted by Crippen LogP contribution is 2.32. The number of benzene rings is 1. The van der Waals surface area contributed by atoms with Gasteiger partial charge in [0, 0.05) is 5.56 Å². The summed E-state index contributed by atoms with van der Waals surface area (Å²) in [6, 6.07) is 5.99. The summed E-state index contributed by atoms with van der Waals surface area (Å²) in [7, 11) is 0. The first-order chi connectivity index (χ1) is 14.1. The molecule has 1 atom stereocenters. The number of aryl methyl sites for hydroxylation is 2. The Morgan fingerprint density at radius 1 is 1.13 bits per heavy atom. The molecule has 7 nitrogen and oxygen atoms in total. The van der Waals surface area contributed by atoms with Crippen LogP contribution < -0.4 is 5.56 Å². The summed E-state index contributed by atoms with van der Waals surface area (Å²) < 4.78 is 1.86. The maximum Gasteiger partial charge on any atom is 0.253 e. The van der Waals surface area contributed by atoms with Crippen LogP contribution in [0.4, 0.5) is 0 Å². The van der Waals surface area contributed by atoms with E-state index in [0.29, 0.717) is 11.5 Å². The molecule has 4 rings (SSSR count). The Bertz CT molecular complexity index is 1110. The lowest BCUT2D eigenvalue weighted by Gasteiger charge is -2.36. The molecule has 0 saturated carbocycles. The van der Waals surface area contributed by atoms with Crippen molar-refractivity contribution < 1.29 is 0 Å². The highest BCUT2D eigenvalue weighted by Gasteiger charge is 2.34. The van der Waals surface area contributed by atoms with Gasteiger partial charge in [0.05, 0.1) is 11.1 Å². The summed E-state index contributed by atoms with van der Waals surface area (Å²) in [4.78, 5) is 18.8. The molecule has 0 radical (unpaired) electrons.